The minimum absolute atomic E-state index is 0.0954. The minimum atomic E-state index is -0.385. The second-order valence-corrected chi connectivity index (χ2v) is 8.26. The molecule has 2 aliphatic rings. The molecule has 0 radical (unpaired) electrons. The summed E-state index contributed by atoms with van der Waals surface area (Å²) < 4.78 is 0. The molecule has 0 fully saturated rings. The minimum Gasteiger partial charge on any atom is -0.289 e. The number of hydrogen-bond donors (Lipinski definition) is 0. The summed E-state index contributed by atoms with van der Waals surface area (Å²) in [6.45, 7) is 1.82. The van der Waals surface area contributed by atoms with Crippen LogP contribution in [0.4, 0.5) is 0 Å². The maximum absolute atomic E-state index is 12.9. The zero-order valence-electron chi connectivity index (χ0n) is 16.0. The van der Waals surface area contributed by atoms with Crippen molar-refractivity contribution >= 4 is 46.3 Å². The normalized spacial score (nSPS) is 16.4. The second-order valence-electron chi connectivity index (χ2n) is 7.51. The molecule has 2 aliphatic carbocycles. The van der Waals surface area contributed by atoms with Gasteiger partial charge in [0, 0.05) is 33.4 Å². The number of fused-ring (bicyclic) bond motifs is 2. The van der Waals surface area contributed by atoms with Gasteiger partial charge in [-0.15, -0.1) is 0 Å². The Morgan fingerprint density at radius 1 is 0.600 bits per heavy atom. The fraction of sp³-hybridized carbons (Fsp3) is 0.167. The van der Waals surface area contributed by atoms with Crippen molar-refractivity contribution in [2.75, 3.05) is 0 Å². The van der Waals surface area contributed by atoms with E-state index >= 15 is 0 Å². The van der Waals surface area contributed by atoms with Gasteiger partial charge in [-0.25, -0.2) is 0 Å². The summed E-state index contributed by atoms with van der Waals surface area (Å²) in [6.07, 6.45) is 0.378. The fourth-order valence-electron chi connectivity index (χ4n) is 3.93. The Morgan fingerprint density at radius 2 is 0.900 bits per heavy atom. The summed E-state index contributed by atoms with van der Waals surface area (Å²) in [7, 11) is 0. The number of Topliss-reactive ketones (excluding diaryl/α,β-unsaturated/α-hetero) is 4. The first-order valence-electron chi connectivity index (χ1n) is 9.45. The van der Waals surface area contributed by atoms with Gasteiger partial charge in [0.05, 0.1) is 10.1 Å². The van der Waals surface area contributed by atoms with Crippen LogP contribution in [0.3, 0.4) is 0 Å². The molecule has 2 aromatic carbocycles. The van der Waals surface area contributed by atoms with Crippen molar-refractivity contribution in [3.63, 3.8) is 0 Å². The second kappa shape index (κ2) is 7.78. The van der Waals surface area contributed by atoms with E-state index in [-0.39, 0.29) is 63.1 Å². The molecule has 30 heavy (non-hydrogen) atoms. The molecule has 0 aliphatic heterocycles. The molecule has 0 saturated carbocycles. The van der Waals surface area contributed by atoms with Crippen LogP contribution in [0, 0.1) is 5.92 Å². The Bertz CT molecular complexity index is 1110. The highest BCUT2D eigenvalue weighted by Crippen LogP contribution is 2.36. The SMILES string of the molecule is CC(CC1=C(Cl)C(=O)c2ccccc2C1=O)CC1=C(Cl)C(=O)c2ccccc2C1=O. The lowest BCUT2D eigenvalue weighted by Crippen LogP contribution is -2.23. The van der Waals surface area contributed by atoms with Gasteiger partial charge in [-0.3, -0.25) is 19.2 Å². The summed E-state index contributed by atoms with van der Waals surface area (Å²) in [5, 5.41) is -0.191. The van der Waals surface area contributed by atoms with Crippen LogP contribution in [0.5, 0.6) is 0 Å². The number of ketones is 4. The molecule has 0 spiro atoms. The number of carbonyl (C=O) groups is 4. The monoisotopic (exact) mass is 438 g/mol. The molecular formula is C24H16Cl2O4. The lowest BCUT2D eigenvalue weighted by atomic mass is 9.81. The Labute approximate surface area is 183 Å². The first kappa shape index (κ1) is 20.5. The molecular weight excluding hydrogens is 423 g/mol. The number of carbonyl (C=O) groups excluding carboxylic acids is 4. The van der Waals surface area contributed by atoms with Crippen molar-refractivity contribution in [3.05, 3.63) is 92.0 Å². The summed E-state index contributed by atoms with van der Waals surface area (Å²) in [5.74, 6) is -1.60. The standard InChI is InChI=1S/C24H16Cl2O4/c1-12(10-17-19(25)23(29)15-8-4-2-6-13(15)21(17)27)11-18-20(26)24(30)16-9-5-3-7-14(16)22(18)28/h2-9,12H,10-11H2,1H3. The molecule has 0 aromatic heterocycles. The average Bonchev–Trinajstić information content (AvgIpc) is 2.76. The van der Waals surface area contributed by atoms with Crippen molar-refractivity contribution in [1.82, 2.24) is 0 Å². The number of halogens is 2. The van der Waals surface area contributed by atoms with Crippen molar-refractivity contribution in [2.24, 2.45) is 5.92 Å². The van der Waals surface area contributed by atoms with E-state index in [0.717, 1.165) is 0 Å². The zero-order valence-corrected chi connectivity index (χ0v) is 17.5. The molecule has 0 unspecified atom stereocenters. The maximum atomic E-state index is 12.9. The first-order valence-corrected chi connectivity index (χ1v) is 10.2. The average molecular weight is 439 g/mol. The van der Waals surface area contributed by atoms with E-state index in [4.69, 9.17) is 23.2 Å². The van der Waals surface area contributed by atoms with E-state index in [1.807, 2.05) is 6.92 Å². The Hall–Kier alpha value is -2.82. The van der Waals surface area contributed by atoms with E-state index < -0.39 is 0 Å². The fourth-order valence-corrected chi connectivity index (χ4v) is 4.46. The van der Waals surface area contributed by atoms with E-state index in [2.05, 4.69) is 0 Å². The van der Waals surface area contributed by atoms with Gasteiger partial charge in [-0.2, -0.15) is 0 Å². The smallest absolute Gasteiger partial charge is 0.205 e. The lowest BCUT2D eigenvalue weighted by Gasteiger charge is -2.23. The van der Waals surface area contributed by atoms with Crippen LogP contribution in [0.1, 0.15) is 61.2 Å². The first-order chi connectivity index (χ1) is 14.3. The van der Waals surface area contributed by atoms with Gasteiger partial charge in [0.25, 0.3) is 0 Å². The van der Waals surface area contributed by atoms with Crippen LogP contribution in [0.2, 0.25) is 0 Å². The number of benzene rings is 2. The van der Waals surface area contributed by atoms with Gasteiger partial charge in [0.1, 0.15) is 0 Å². The van der Waals surface area contributed by atoms with Crippen molar-refractivity contribution < 1.29 is 19.2 Å². The molecule has 0 N–H and O–H groups in total. The van der Waals surface area contributed by atoms with Crippen LogP contribution in [0.15, 0.2) is 69.7 Å². The third-order valence-electron chi connectivity index (χ3n) is 5.41. The predicted molar refractivity (Wildman–Crippen MR) is 114 cm³/mol. The third kappa shape index (κ3) is 3.26. The highest BCUT2D eigenvalue weighted by atomic mass is 35.5. The molecule has 0 atom stereocenters. The molecule has 4 nitrogen and oxygen atoms in total. The molecule has 0 amide bonds. The quantitative estimate of drug-likeness (QED) is 0.627. The molecule has 6 heteroatoms. The van der Waals surface area contributed by atoms with Crippen molar-refractivity contribution in [1.29, 1.82) is 0 Å². The van der Waals surface area contributed by atoms with Gasteiger partial charge in [-0.05, 0) is 18.8 Å². The van der Waals surface area contributed by atoms with Crippen LogP contribution in [0.25, 0.3) is 0 Å². The molecule has 0 heterocycles. The van der Waals surface area contributed by atoms with E-state index in [9.17, 15) is 19.2 Å². The van der Waals surface area contributed by atoms with Crippen LogP contribution >= 0.6 is 23.2 Å². The molecule has 4 rings (SSSR count). The molecule has 2 aromatic rings. The highest BCUT2D eigenvalue weighted by molar-refractivity contribution is 6.50. The van der Waals surface area contributed by atoms with Crippen LogP contribution < -0.4 is 0 Å². The number of rotatable bonds is 4. The molecule has 0 bridgehead atoms. The van der Waals surface area contributed by atoms with Gasteiger partial charge < -0.3 is 0 Å². The summed E-state index contributed by atoms with van der Waals surface area (Å²) in [6, 6.07) is 13.1. The van der Waals surface area contributed by atoms with Crippen LogP contribution in [-0.4, -0.2) is 23.1 Å². The van der Waals surface area contributed by atoms with Gasteiger partial charge in [0.2, 0.25) is 11.6 Å². The van der Waals surface area contributed by atoms with E-state index in [1.165, 1.54) is 0 Å². The van der Waals surface area contributed by atoms with Gasteiger partial charge in [0.15, 0.2) is 11.6 Å². The third-order valence-corrected chi connectivity index (χ3v) is 6.21. The summed E-state index contributed by atoms with van der Waals surface area (Å²) in [5.41, 5.74) is 1.67. The Morgan fingerprint density at radius 3 is 1.23 bits per heavy atom. The molecule has 150 valence electrons. The number of hydrogen-bond acceptors (Lipinski definition) is 4. The summed E-state index contributed by atoms with van der Waals surface area (Å²) >= 11 is 12.5. The highest BCUT2D eigenvalue weighted by Gasteiger charge is 2.34. The Balaban J connectivity index is 1.61. The topological polar surface area (TPSA) is 68.3 Å². The van der Waals surface area contributed by atoms with E-state index in [0.29, 0.717) is 22.3 Å². The van der Waals surface area contributed by atoms with Crippen molar-refractivity contribution in [3.8, 4) is 0 Å². The maximum Gasteiger partial charge on any atom is 0.205 e. The summed E-state index contributed by atoms with van der Waals surface area (Å²) in [4.78, 5) is 50.9. The Kier molecular flexibility index (Phi) is 5.31. The van der Waals surface area contributed by atoms with Crippen molar-refractivity contribution in [2.45, 2.75) is 19.8 Å². The number of allylic oxidation sites excluding steroid dienone is 4. The largest absolute Gasteiger partial charge is 0.289 e. The molecule has 0 saturated heterocycles. The zero-order chi connectivity index (χ0) is 21.6. The predicted octanol–water partition coefficient (Wildman–Crippen LogP) is 5.55. The van der Waals surface area contributed by atoms with Gasteiger partial charge >= 0.3 is 0 Å². The van der Waals surface area contributed by atoms with Crippen LogP contribution in [-0.2, 0) is 0 Å². The lowest BCUT2D eigenvalue weighted by molar-refractivity contribution is 0.0971. The van der Waals surface area contributed by atoms with Gasteiger partial charge in [-0.1, -0.05) is 78.7 Å². The van der Waals surface area contributed by atoms with E-state index in [1.54, 1.807) is 48.5 Å².